The lowest BCUT2D eigenvalue weighted by molar-refractivity contribution is -0.144. The highest BCUT2D eigenvalue weighted by Crippen LogP contribution is 2.06. The number of hydrogen-bond acceptors (Lipinski definition) is 7. The van der Waals surface area contributed by atoms with Crippen molar-refractivity contribution in [1.29, 1.82) is 0 Å². The van der Waals surface area contributed by atoms with E-state index in [1.807, 2.05) is 13.8 Å². The Labute approximate surface area is 147 Å². The molecule has 0 radical (unpaired) electrons. The van der Waals surface area contributed by atoms with E-state index in [-0.39, 0.29) is 11.8 Å². The maximum Gasteiger partial charge on any atom is 0.306 e. The van der Waals surface area contributed by atoms with Crippen LogP contribution < -0.4 is 27.4 Å². The van der Waals surface area contributed by atoms with Gasteiger partial charge >= 0.3 is 5.97 Å². The number of aliphatic hydroxyl groups is 1. The molecule has 0 fully saturated rings. The molecule has 0 aromatic carbocycles. The van der Waals surface area contributed by atoms with Crippen molar-refractivity contribution in [3.05, 3.63) is 0 Å². The molecule has 0 aliphatic carbocycles. The number of nitrogens with one attached hydrogen (secondary N) is 3. The molecule has 0 unspecified atom stereocenters. The van der Waals surface area contributed by atoms with Crippen molar-refractivity contribution in [2.45, 2.75) is 58.0 Å². The number of hydrogen-bond donors (Lipinski definition) is 7. The molecule has 0 bridgehead atoms. The van der Waals surface area contributed by atoms with Gasteiger partial charge in [-0.15, -0.1) is 0 Å². The first-order valence-electron chi connectivity index (χ1n) is 8.36. The molecule has 9 N–H and O–H groups in total. The van der Waals surface area contributed by atoms with Gasteiger partial charge in [-0.3, -0.25) is 19.7 Å². The van der Waals surface area contributed by atoms with Gasteiger partial charge in [0, 0.05) is 6.54 Å². The van der Waals surface area contributed by atoms with Crippen molar-refractivity contribution in [3.8, 4) is 0 Å². The number of rotatable bonds is 13. The SMILES string of the molecule is CC(C)C[C@H](NC(=O)[C@@H](O)CC(=O)O)C(=O)NCCCCNC(N)N. The normalized spacial score (nSPS) is 13.6. The highest BCUT2D eigenvalue weighted by atomic mass is 16.4. The van der Waals surface area contributed by atoms with Gasteiger partial charge in [-0.05, 0) is 31.7 Å². The molecule has 0 aromatic heterocycles. The Morgan fingerprint density at radius 3 is 2.16 bits per heavy atom. The Bertz CT molecular complexity index is 431. The number of carbonyl (C=O) groups is 3. The van der Waals surface area contributed by atoms with E-state index >= 15 is 0 Å². The van der Waals surface area contributed by atoms with E-state index in [1.165, 1.54) is 0 Å². The predicted octanol–water partition coefficient (Wildman–Crippen LogP) is -1.96. The van der Waals surface area contributed by atoms with Crippen LogP contribution in [-0.4, -0.2) is 59.5 Å². The van der Waals surface area contributed by atoms with Crippen molar-refractivity contribution in [2.24, 2.45) is 17.4 Å². The zero-order chi connectivity index (χ0) is 19.4. The summed E-state index contributed by atoms with van der Waals surface area (Å²) in [5.41, 5.74) is 10.7. The Kier molecular flexibility index (Phi) is 11.7. The van der Waals surface area contributed by atoms with E-state index in [2.05, 4.69) is 16.0 Å². The second-order valence-electron chi connectivity index (χ2n) is 6.28. The third-order valence-electron chi connectivity index (χ3n) is 3.29. The predicted molar refractivity (Wildman–Crippen MR) is 92.1 cm³/mol. The van der Waals surface area contributed by atoms with Crippen LogP contribution in [0.2, 0.25) is 0 Å². The number of nitrogens with two attached hydrogens (primary N) is 2. The third kappa shape index (κ3) is 12.3. The fourth-order valence-corrected chi connectivity index (χ4v) is 2.08. The summed E-state index contributed by atoms with van der Waals surface area (Å²) in [7, 11) is 0. The summed E-state index contributed by atoms with van der Waals surface area (Å²) >= 11 is 0. The van der Waals surface area contributed by atoms with Crippen LogP contribution in [-0.2, 0) is 14.4 Å². The second-order valence-corrected chi connectivity index (χ2v) is 6.28. The topological polar surface area (TPSA) is 180 Å². The van der Waals surface area contributed by atoms with E-state index in [9.17, 15) is 19.5 Å². The fraction of sp³-hybridized carbons (Fsp3) is 0.800. The van der Waals surface area contributed by atoms with Gasteiger partial charge in [0.15, 0.2) is 0 Å². The number of aliphatic hydroxyl groups excluding tert-OH is 1. The van der Waals surface area contributed by atoms with Crippen molar-refractivity contribution < 1.29 is 24.6 Å². The van der Waals surface area contributed by atoms with Crippen LogP contribution in [0, 0.1) is 5.92 Å². The highest BCUT2D eigenvalue weighted by Gasteiger charge is 2.26. The average Bonchev–Trinajstić information content (AvgIpc) is 2.48. The van der Waals surface area contributed by atoms with E-state index in [4.69, 9.17) is 16.6 Å². The zero-order valence-electron chi connectivity index (χ0n) is 14.8. The quantitative estimate of drug-likeness (QED) is 0.146. The van der Waals surface area contributed by atoms with Gasteiger partial charge < -0.3 is 32.3 Å². The second kappa shape index (κ2) is 12.6. The van der Waals surface area contributed by atoms with Crippen LogP contribution >= 0.6 is 0 Å². The standard InChI is InChI=1S/C15H31N5O5/c1-9(2)7-10(20-14(25)11(21)8-12(22)23)13(24)18-5-3-4-6-19-15(16)17/h9-11,15,19,21H,3-8,16-17H2,1-2H3,(H,18,24)(H,20,25)(H,22,23)/t10-,11-/m0/s1. The Morgan fingerprint density at radius 1 is 1.04 bits per heavy atom. The molecule has 0 aliphatic rings. The smallest absolute Gasteiger partial charge is 0.306 e. The van der Waals surface area contributed by atoms with Crippen LogP contribution in [0.3, 0.4) is 0 Å². The van der Waals surface area contributed by atoms with Crippen molar-refractivity contribution in [1.82, 2.24) is 16.0 Å². The minimum Gasteiger partial charge on any atom is -0.481 e. The summed E-state index contributed by atoms with van der Waals surface area (Å²) < 4.78 is 0. The van der Waals surface area contributed by atoms with Crippen LogP contribution in [0.5, 0.6) is 0 Å². The highest BCUT2D eigenvalue weighted by molar-refractivity contribution is 5.90. The molecule has 2 amide bonds. The van der Waals surface area contributed by atoms with Crippen molar-refractivity contribution >= 4 is 17.8 Å². The van der Waals surface area contributed by atoms with Crippen molar-refractivity contribution in [3.63, 3.8) is 0 Å². The van der Waals surface area contributed by atoms with Crippen LogP contribution in [0.1, 0.15) is 39.5 Å². The number of carboxylic acid groups (broad SMARTS) is 1. The number of unbranched alkanes of at least 4 members (excludes halogenated alkanes) is 1. The molecule has 0 rings (SSSR count). The van der Waals surface area contributed by atoms with Crippen LogP contribution in [0.4, 0.5) is 0 Å². The lowest BCUT2D eigenvalue weighted by Crippen LogP contribution is -2.50. The first kappa shape index (κ1) is 23.2. The lowest BCUT2D eigenvalue weighted by atomic mass is 10.0. The zero-order valence-corrected chi connectivity index (χ0v) is 14.8. The maximum absolute atomic E-state index is 12.2. The van der Waals surface area contributed by atoms with E-state index < -0.39 is 36.7 Å². The van der Waals surface area contributed by atoms with Gasteiger partial charge in [-0.2, -0.15) is 0 Å². The number of carbonyl (C=O) groups excluding carboxylic acids is 2. The number of amides is 2. The molecule has 0 aliphatic heterocycles. The Morgan fingerprint density at radius 2 is 1.64 bits per heavy atom. The van der Waals surface area contributed by atoms with Crippen LogP contribution in [0.15, 0.2) is 0 Å². The maximum atomic E-state index is 12.2. The summed E-state index contributed by atoms with van der Waals surface area (Å²) in [6.45, 7) is 4.83. The molecule has 10 nitrogen and oxygen atoms in total. The third-order valence-corrected chi connectivity index (χ3v) is 3.29. The molecule has 2 atom stereocenters. The minimum absolute atomic E-state index is 0.128. The lowest BCUT2D eigenvalue weighted by Gasteiger charge is -2.21. The number of carboxylic acids is 1. The summed E-state index contributed by atoms with van der Waals surface area (Å²) in [6.07, 6.45) is -1.12. The molecule has 10 heteroatoms. The molecule has 0 aromatic rings. The molecule has 0 saturated heterocycles. The van der Waals surface area contributed by atoms with E-state index in [1.54, 1.807) is 0 Å². The first-order valence-corrected chi connectivity index (χ1v) is 8.36. The summed E-state index contributed by atoms with van der Waals surface area (Å²) in [5.74, 6) is -2.40. The van der Waals surface area contributed by atoms with Gasteiger partial charge in [0.2, 0.25) is 11.8 Å². The molecular weight excluding hydrogens is 330 g/mol. The van der Waals surface area contributed by atoms with Gasteiger partial charge in [0.1, 0.15) is 18.4 Å². The molecule has 146 valence electrons. The number of aliphatic carboxylic acids is 1. The minimum atomic E-state index is -1.69. The average molecular weight is 361 g/mol. The monoisotopic (exact) mass is 361 g/mol. The molecule has 0 heterocycles. The van der Waals surface area contributed by atoms with Crippen molar-refractivity contribution in [2.75, 3.05) is 13.1 Å². The van der Waals surface area contributed by atoms with E-state index in [0.717, 1.165) is 6.42 Å². The van der Waals surface area contributed by atoms with E-state index in [0.29, 0.717) is 25.9 Å². The van der Waals surface area contributed by atoms with Gasteiger partial charge in [0.25, 0.3) is 0 Å². The summed E-state index contributed by atoms with van der Waals surface area (Å²) in [5, 5.41) is 26.1. The largest absolute Gasteiger partial charge is 0.481 e. The first-order chi connectivity index (χ1) is 11.6. The molecule has 0 spiro atoms. The molecular formula is C15H31N5O5. The molecule has 0 saturated carbocycles. The summed E-state index contributed by atoms with van der Waals surface area (Å²) in [6, 6.07) is -0.827. The Hall–Kier alpha value is -1.75. The molecule has 25 heavy (non-hydrogen) atoms. The fourth-order valence-electron chi connectivity index (χ4n) is 2.08. The van der Waals surface area contributed by atoms with Crippen LogP contribution in [0.25, 0.3) is 0 Å². The Balaban J connectivity index is 4.37. The van der Waals surface area contributed by atoms with Gasteiger partial charge in [0.05, 0.1) is 6.42 Å². The van der Waals surface area contributed by atoms with Gasteiger partial charge in [-0.25, -0.2) is 0 Å². The van der Waals surface area contributed by atoms with Gasteiger partial charge in [-0.1, -0.05) is 13.8 Å². The summed E-state index contributed by atoms with van der Waals surface area (Å²) in [4.78, 5) is 34.6.